The van der Waals surface area contributed by atoms with E-state index in [1.54, 1.807) is 11.3 Å². The predicted octanol–water partition coefficient (Wildman–Crippen LogP) is 3.61. The molecule has 0 fully saturated rings. The second-order valence-corrected chi connectivity index (χ2v) is 6.68. The van der Waals surface area contributed by atoms with Gasteiger partial charge in [-0.1, -0.05) is 0 Å². The first-order valence-electron chi connectivity index (χ1n) is 4.14. The molecule has 2 rings (SSSR count). The van der Waals surface area contributed by atoms with Gasteiger partial charge in [0, 0.05) is 12.0 Å². The van der Waals surface area contributed by atoms with Gasteiger partial charge in [-0.25, -0.2) is 0 Å². The Labute approximate surface area is 103 Å². The van der Waals surface area contributed by atoms with E-state index in [2.05, 4.69) is 31.9 Å². The van der Waals surface area contributed by atoms with Gasteiger partial charge in [0.2, 0.25) is 0 Å². The average Bonchev–Trinajstić information content (AvgIpc) is 2.73. The van der Waals surface area contributed by atoms with Crippen LogP contribution in [0.15, 0.2) is 25.5 Å². The van der Waals surface area contributed by atoms with Crippen molar-refractivity contribution in [1.29, 1.82) is 0 Å². The predicted molar refractivity (Wildman–Crippen MR) is 63.3 cm³/mol. The number of aliphatic hydroxyl groups is 1. The molecule has 1 aliphatic heterocycles. The highest BCUT2D eigenvalue weighted by molar-refractivity contribution is 9.12. The summed E-state index contributed by atoms with van der Waals surface area (Å²) in [7, 11) is 0. The molecule has 0 aliphatic carbocycles. The zero-order valence-corrected chi connectivity index (χ0v) is 11.2. The average molecular weight is 340 g/mol. The van der Waals surface area contributed by atoms with E-state index in [9.17, 15) is 5.11 Å². The molecule has 1 N–H and O–H groups in total. The molecule has 0 amide bonds. The number of hydrogen-bond donors (Lipinski definition) is 1. The highest BCUT2D eigenvalue weighted by Gasteiger charge is 2.21. The summed E-state index contributed by atoms with van der Waals surface area (Å²) in [6.07, 6.45) is 2.17. The third-order valence-electron chi connectivity index (χ3n) is 1.98. The van der Waals surface area contributed by atoms with Crippen LogP contribution in [0.3, 0.4) is 0 Å². The van der Waals surface area contributed by atoms with Gasteiger partial charge < -0.3 is 9.84 Å². The normalized spacial score (nSPS) is 17.8. The summed E-state index contributed by atoms with van der Waals surface area (Å²) in [5, 5.41) is 9.98. The standard InChI is InChI=1S/C9H8Br2O2S/c10-7-4-5(9(11)14-7)8(12)6-2-1-3-13-6/h2,4,8,12H,1,3H2. The van der Waals surface area contributed by atoms with Crippen molar-refractivity contribution < 1.29 is 9.84 Å². The Bertz CT molecular complexity index is 373. The highest BCUT2D eigenvalue weighted by Crippen LogP contribution is 2.38. The molecular formula is C9H8Br2O2S. The van der Waals surface area contributed by atoms with Crippen molar-refractivity contribution >= 4 is 43.2 Å². The van der Waals surface area contributed by atoms with E-state index in [0.29, 0.717) is 12.4 Å². The van der Waals surface area contributed by atoms with Gasteiger partial charge in [0.05, 0.1) is 14.2 Å². The molecule has 1 aromatic rings. The first-order chi connectivity index (χ1) is 6.68. The molecular weight excluding hydrogens is 332 g/mol. The molecule has 0 saturated heterocycles. The van der Waals surface area contributed by atoms with E-state index < -0.39 is 6.10 Å². The Morgan fingerprint density at radius 1 is 1.50 bits per heavy atom. The zero-order chi connectivity index (χ0) is 10.1. The van der Waals surface area contributed by atoms with Crippen LogP contribution in [0, 0.1) is 0 Å². The van der Waals surface area contributed by atoms with E-state index in [0.717, 1.165) is 19.6 Å². The molecule has 76 valence electrons. The van der Waals surface area contributed by atoms with E-state index >= 15 is 0 Å². The maximum Gasteiger partial charge on any atom is 0.138 e. The third-order valence-corrected chi connectivity index (χ3v) is 4.36. The van der Waals surface area contributed by atoms with Gasteiger partial charge in [0.1, 0.15) is 11.9 Å². The molecule has 1 aromatic heterocycles. The molecule has 1 atom stereocenters. The third kappa shape index (κ3) is 2.05. The Kier molecular flexibility index (Phi) is 3.31. The van der Waals surface area contributed by atoms with Crippen molar-refractivity contribution in [1.82, 2.24) is 0 Å². The van der Waals surface area contributed by atoms with Crippen LogP contribution in [-0.4, -0.2) is 11.7 Å². The number of rotatable bonds is 2. The van der Waals surface area contributed by atoms with Crippen molar-refractivity contribution in [2.75, 3.05) is 6.61 Å². The summed E-state index contributed by atoms with van der Waals surface area (Å²) >= 11 is 8.33. The van der Waals surface area contributed by atoms with Crippen LogP contribution in [0.25, 0.3) is 0 Å². The van der Waals surface area contributed by atoms with Gasteiger partial charge in [-0.15, -0.1) is 11.3 Å². The molecule has 1 unspecified atom stereocenters. The van der Waals surface area contributed by atoms with Crippen LogP contribution in [0.1, 0.15) is 18.1 Å². The van der Waals surface area contributed by atoms with Crippen molar-refractivity contribution in [2.24, 2.45) is 0 Å². The SMILES string of the molecule is OC(C1=CCCO1)c1cc(Br)sc1Br. The van der Waals surface area contributed by atoms with Crippen molar-refractivity contribution in [3.05, 3.63) is 31.0 Å². The zero-order valence-electron chi connectivity index (χ0n) is 7.17. The van der Waals surface area contributed by atoms with Gasteiger partial charge in [-0.05, 0) is 44.0 Å². The van der Waals surface area contributed by atoms with Gasteiger partial charge in [0.15, 0.2) is 0 Å². The summed E-state index contributed by atoms with van der Waals surface area (Å²) in [4.78, 5) is 0. The fraction of sp³-hybridized carbons (Fsp3) is 0.333. The molecule has 14 heavy (non-hydrogen) atoms. The largest absolute Gasteiger partial charge is 0.495 e. The van der Waals surface area contributed by atoms with E-state index in [4.69, 9.17) is 4.74 Å². The lowest BCUT2D eigenvalue weighted by molar-refractivity contribution is 0.119. The topological polar surface area (TPSA) is 29.5 Å². The minimum Gasteiger partial charge on any atom is -0.495 e. The minimum absolute atomic E-state index is 0.644. The Hall–Kier alpha value is 0.160. The molecule has 0 saturated carbocycles. The van der Waals surface area contributed by atoms with Crippen molar-refractivity contribution in [3.63, 3.8) is 0 Å². The van der Waals surface area contributed by atoms with Crippen LogP contribution in [0.5, 0.6) is 0 Å². The van der Waals surface area contributed by atoms with Crippen LogP contribution >= 0.6 is 43.2 Å². The molecule has 0 aromatic carbocycles. The minimum atomic E-state index is -0.644. The van der Waals surface area contributed by atoms with Crippen LogP contribution < -0.4 is 0 Å². The molecule has 2 heterocycles. The van der Waals surface area contributed by atoms with Gasteiger partial charge in [-0.3, -0.25) is 0 Å². The summed E-state index contributed by atoms with van der Waals surface area (Å²) in [6, 6.07) is 1.90. The fourth-order valence-corrected chi connectivity index (χ4v) is 4.20. The van der Waals surface area contributed by atoms with Crippen molar-refractivity contribution in [2.45, 2.75) is 12.5 Å². The highest BCUT2D eigenvalue weighted by atomic mass is 79.9. The second-order valence-electron chi connectivity index (χ2n) is 2.93. The Morgan fingerprint density at radius 2 is 2.29 bits per heavy atom. The summed E-state index contributed by atoms with van der Waals surface area (Å²) in [5.74, 6) is 0.663. The number of thiophene rings is 1. The molecule has 2 nitrogen and oxygen atoms in total. The Balaban J connectivity index is 2.25. The van der Waals surface area contributed by atoms with Gasteiger partial charge >= 0.3 is 0 Å². The monoisotopic (exact) mass is 338 g/mol. The fourth-order valence-electron chi connectivity index (χ4n) is 1.32. The molecule has 5 heteroatoms. The molecule has 0 spiro atoms. The smallest absolute Gasteiger partial charge is 0.138 e. The Morgan fingerprint density at radius 3 is 2.79 bits per heavy atom. The number of ether oxygens (including phenoxy) is 1. The van der Waals surface area contributed by atoms with E-state index in [1.165, 1.54) is 0 Å². The van der Waals surface area contributed by atoms with Crippen LogP contribution in [0.4, 0.5) is 0 Å². The maximum absolute atomic E-state index is 9.98. The van der Waals surface area contributed by atoms with E-state index in [-0.39, 0.29) is 0 Å². The van der Waals surface area contributed by atoms with E-state index in [1.807, 2.05) is 12.1 Å². The van der Waals surface area contributed by atoms with Gasteiger partial charge in [0.25, 0.3) is 0 Å². The van der Waals surface area contributed by atoms with Gasteiger partial charge in [-0.2, -0.15) is 0 Å². The summed E-state index contributed by atoms with van der Waals surface area (Å²) < 4.78 is 7.25. The number of aliphatic hydroxyl groups excluding tert-OH is 1. The number of halogens is 2. The number of hydrogen-bond acceptors (Lipinski definition) is 3. The lowest BCUT2D eigenvalue weighted by Gasteiger charge is -2.10. The molecule has 1 aliphatic rings. The van der Waals surface area contributed by atoms with Crippen LogP contribution in [0.2, 0.25) is 0 Å². The maximum atomic E-state index is 9.98. The second kappa shape index (κ2) is 4.35. The summed E-state index contributed by atoms with van der Waals surface area (Å²) in [6.45, 7) is 0.676. The summed E-state index contributed by atoms with van der Waals surface area (Å²) in [5.41, 5.74) is 0.857. The molecule has 0 radical (unpaired) electrons. The molecule has 0 bridgehead atoms. The first-order valence-corrected chi connectivity index (χ1v) is 6.54. The van der Waals surface area contributed by atoms with Crippen molar-refractivity contribution in [3.8, 4) is 0 Å². The quantitative estimate of drug-likeness (QED) is 0.891. The lowest BCUT2D eigenvalue weighted by Crippen LogP contribution is -2.01. The first kappa shape index (κ1) is 10.7. The lowest BCUT2D eigenvalue weighted by atomic mass is 10.1. The van der Waals surface area contributed by atoms with Crippen LogP contribution in [-0.2, 0) is 4.74 Å².